The third-order valence-corrected chi connectivity index (χ3v) is 4.28. The summed E-state index contributed by atoms with van der Waals surface area (Å²) < 4.78 is 11.3. The average molecular weight is 377 g/mol. The number of carbonyl (C=O) groups excluding carboxylic acids is 1. The number of halogens is 1. The molecule has 0 fully saturated rings. The number of ether oxygens (including phenoxy) is 1. The van der Waals surface area contributed by atoms with Crippen molar-refractivity contribution in [3.05, 3.63) is 44.1 Å². The Balaban J connectivity index is 1.81. The number of hydrogen-bond acceptors (Lipinski definition) is 6. The third kappa shape index (κ3) is 3.94. The van der Waals surface area contributed by atoms with Gasteiger partial charge in [0, 0.05) is 11.8 Å². The molecule has 26 heavy (non-hydrogen) atoms. The smallest absolute Gasteiger partial charge is 0.351 e. The maximum atomic E-state index is 11.8. The number of nitrogens with one attached hydrogen (secondary N) is 1. The summed E-state index contributed by atoms with van der Waals surface area (Å²) in [6, 6.07) is 4.99. The fourth-order valence-corrected chi connectivity index (χ4v) is 2.88. The Morgan fingerprint density at radius 2 is 2.08 bits per heavy atom. The van der Waals surface area contributed by atoms with E-state index in [1.54, 1.807) is 25.1 Å². The molecule has 0 amide bonds. The van der Waals surface area contributed by atoms with Gasteiger partial charge in [-0.05, 0) is 44.4 Å². The van der Waals surface area contributed by atoms with Gasteiger partial charge in [-0.15, -0.1) is 0 Å². The number of rotatable bonds is 7. The number of carbonyl (C=O) groups is 1. The van der Waals surface area contributed by atoms with Gasteiger partial charge in [0.25, 0.3) is 5.56 Å². The van der Waals surface area contributed by atoms with E-state index in [-0.39, 0.29) is 22.3 Å². The van der Waals surface area contributed by atoms with Crippen molar-refractivity contribution < 1.29 is 13.9 Å². The molecular weight excluding hydrogens is 360 g/mol. The van der Waals surface area contributed by atoms with Crippen LogP contribution in [-0.2, 0) is 4.79 Å². The van der Waals surface area contributed by atoms with Crippen molar-refractivity contribution in [3.63, 3.8) is 0 Å². The Hall–Kier alpha value is -2.67. The van der Waals surface area contributed by atoms with Gasteiger partial charge in [0.05, 0.1) is 6.61 Å². The van der Waals surface area contributed by atoms with Crippen LogP contribution in [-0.4, -0.2) is 22.4 Å². The summed E-state index contributed by atoms with van der Waals surface area (Å²) in [5, 5.41) is 0.852. The van der Waals surface area contributed by atoms with Crippen LogP contribution in [0, 0.1) is 0 Å². The van der Waals surface area contributed by atoms with Gasteiger partial charge in [0.2, 0.25) is 5.89 Å². The molecule has 1 aromatic carbocycles. The average Bonchev–Trinajstić information content (AvgIpc) is 2.58. The van der Waals surface area contributed by atoms with E-state index in [1.807, 2.05) is 0 Å². The monoisotopic (exact) mass is 376 g/mol. The summed E-state index contributed by atoms with van der Waals surface area (Å²) in [5.74, 6) is 0.557. The fraction of sp³-hybridized carbons (Fsp3) is 0.333. The summed E-state index contributed by atoms with van der Waals surface area (Å²) >= 11 is 6.35. The zero-order valence-corrected chi connectivity index (χ0v) is 14.9. The van der Waals surface area contributed by atoms with Crippen molar-refractivity contribution in [2.45, 2.75) is 32.6 Å². The molecule has 0 saturated heterocycles. The highest BCUT2D eigenvalue weighted by atomic mass is 35.5. The minimum Gasteiger partial charge on any atom is -0.492 e. The molecule has 8 heteroatoms. The van der Waals surface area contributed by atoms with Crippen LogP contribution < -0.4 is 16.0 Å². The fourth-order valence-electron chi connectivity index (χ4n) is 2.62. The molecule has 0 bridgehead atoms. The van der Waals surface area contributed by atoms with Crippen LogP contribution in [0.3, 0.4) is 0 Å². The number of aromatic amines is 1. The lowest BCUT2D eigenvalue weighted by molar-refractivity contribution is -0.117. The largest absolute Gasteiger partial charge is 0.492 e. The molecule has 0 aliphatic carbocycles. The van der Waals surface area contributed by atoms with Crippen LogP contribution >= 0.6 is 11.6 Å². The van der Waals surface area contributed by atoms with Crippen molar-refractivity contribution in [1.29, 1.82) is 0 Å². The molecule has 2 aliphatic rings. The second kappa shape index (κ2) is 7.70. The molecule has 0 unspecified atom stereocenters. The van der Waals surface area contributed by atoms with Crippen LogP contribution in [0.2, 0.25) is 5.02 Å². The molecule has 0 atom stereocenters. The summed E-state index contributed by atoms with van der Waals surface area (Å²) in [4.78, 5) is 39.8. The minimum absolute atomic E-state index is 0.0745. The number of fused-ring (bicyclic) bond motifs is 2. The number of hydrogen-bond donors (Lipinski definition) is 1. The van der Waals surface area contributed by atoms with Gasteiger partial charge < -0.3 is 13.9 Å². The van der Waals surface area contributed by atoms with Crippen LogP contribution in [0.15, 0.2) is 32.2 Å². The first kappa shape index (κ1) is 18.1. The molecule has 0 aromatic heterocycles. The molecule has 0 radical (unpaired) electrons. The summed E-state index contributed by atoms with van der Waals surface area (Å²) in [6.07, 6.45) is 3.10. The van der Waals surface area contributed by atoms with Crippen molar-refractivity contribution in [2.75, 3.05) is 6.61 Å². The van der Waals surface area contributed by atoms with Gasteiger partial charge in [0.15, 0.2) is 5.58 Å². The standard InChI is InChI=1S/C18H17ClN2O5/c1-10(22)5-3-2-4-8-25-13-7-6-11-9-12-16(23)20-18(24)21-17(12)26-15(11)14(13)19/h6-7,9H,2-5,8H2,1H3,(H,20,23,24). The van der Waals surface area contributed by atoms with Crippen molar-refractivity contribution in [3.8, 4) is 17.2 Å². The Kier molecular flexibility index (Phi) is 5.37. The van der Waals surface area contributed by atoms with E-state index in [2.05, 4.69) is 9.97 Å². The van der Waals surface area contributed by atoms with Gasteiger partial charge >= 0.3 is 5.69 Å². The first-order valence-corrected chi connectivity index (χ1v) is 8.62. The van der Waals surface area contributed by atoms with Crippen molar-refractivity contribution in [1.82, 2.24) is 9.97 Å². The number of H-pyrrole nitrogens is 1. The molecule has 2 aliphatic heterocycles. The van der Waals surface area contributed by atoms with E-state index in [9.17, 15) is 14.4 Å². The van der Waals surface area contributed by atoms with Gasteiger partial charge in [-0.3, -0.25) is 9.78 Å². The lowest BCUT2D eigenvalue weighted by Gasteiger charge is -2.11. The lowest BCUT2D eigenvalue weighted by Crippen LogP contribution is -2.24. The molecule has 0 saturated carbocycles. The normalized spacial score (nSPS) is 11.2. The highest BCUT2D eigenvalue weighted by molar-refractivity contribution is 6.36. The molecule has 7 nitrogen and oxygen atoms in total. The van der Waals surface area contributed by atoms with E-state index in [0.29, 0.717) is 29.7 Å². The Morgan fingerprint density at radius 3 is 2.85 bits per heavy atom. The topological polar surface area (TPSA) is 102 Å². The number of ketones is 1. The molecule has 2 heterocycles. The first-order valence-electron chi connectivity index (χ1n) is 8.24. The van der Waals surface area contributed by atoms with E-state index in [0.717, 1.165) is 19.3 Å². The maximum Gasteiger partial charge on any atom is 0.351 e. The van der Waals surface area contributed by atoms with Gasteiger partial charge in [-0.25, -0.2) is 4.79 Å². The molecule has 3 rings (SSSR count). The predicted molar refractivity (Wildman–Crippen MR) is 97.2 cm³/mol. The molecule has 1 aromatic rings. The molecule has 0 spiro atoms. The molecule has 136 valence electrons. The van der Waals surface area contributed by atoms with E-state index < -0.39 is 11.2 Å². The molecular formula is C18H17ClN2O5. The summed E-state index contributed by atoms with van der Waals surface area (Å²) in [7, 11) is 0. The maximum absolute atomic E-state index is 11.8. The van der Waals surface area contributed by atoms with Crippen molar-refractivity contribution >= 4 is 28.4 Å². The molecule has 1 N–H and O–H groups in total. The SMILES string of the molecule is CC(=O)CCCCCOc1ccc2cc3c(=O)[nH]c(=O)nc-3oc2c1Cl. The Bertz CT molecular complexity index is 1040. The van der Waals surface area contributed by atoms with E-state index >= 15 is 0 Å². The van der Waals surface area contributed by atoms with E-state index in [4.69, 9.17) is 20.8 Å². The number of Topliss-reactive ketones (excluding diaryl/α,β-unsaturated/α-hetero) is 1. The number of nitrogens with zero attached hydrogens (tertiary/aromatic N) is 1. The van der Waals surface area contributed by atoms with Gasteiger partial charge in [-0.1, -0.05) is 11.6 Å². The second-order valence-corrected chi connectivity index (χ2v) is 6.37. The number of unbranched alkanes of at least 4 members (excludes halogenated alkanes) is 2. The second-order valence-electron chi connectivity index (χ2n) is 5.99. The Morgan fingerprint density at radius 1 is 1.27 bits per heavy atom. The van der Waals surface area contributed by atoms with Gasteiger partial charge in [0.1, 0.15) is 22.1 Å². The van der Waals surface area contributed by atoms with E-state index in [1.165, 1.54) is 0 Å². The zero-order chi connectivity index (χ0) is 18.7. The number of aromatic nitrogens is 2. The third-order valence-electron chi connectivity index (χ3n) is 3.92. The zero-order valence-electron chi connectivity index (χ0n) is 14.1. The van der Waals surface area contributed by atoms with Crippen LogP contribution in [0.25, 0.3) is 22.4 Å². The number of benzene rings is 1. The minimum atomic E-state index is -0.778. The van der Waals surface area contributed by atoms with Crippen LogP contribution in [0.5, 0.6) is 5.75 Å². The predicted octanol–water partition coefficient (Wildman–Crippen LogP) is 3.16. The first-order chi connectivity index (χ1) is 12.5. The summed E-state index contributed by atoms with van der Waals surface area (Å²) in [6.45, 7) is 2.04. The van der Waals surface area contributed by atoms with Gasteiger partial charge in [-0.2, -0.15) is 4.98 Å². The highest BCUT2D eigenvalue weighted by Crippen LogP contribution is 2.35. The quantitative estimate of drug-likeness (QED) is 0.502. The highest BCUT2D eigenvalue weighted by Gasteiger charge is 2.17. The Labute approximate surface area is 153 Å². The van der Waals surface area contributed by atoms with Crippen molar-refractivity contribution in [2.24, 2.45) is 0 Å². The van der Waals surface area contributed by atoms with Crippen LogP contribution in [0.1, 0.15) is 32.6 Å². The lowest BCUT2D eigenvalue weighted by atomic mass is 10.1. The van der Waals surface area contributed by atoms with Crippen LogP contribution in [0.4, 0.5) is 0 Å². The summed E-state index contributed by atoms with van der Waals surface area (Å²) in [5.41, 5.74) is -0.870.